The highest BCUT2D eigenvalue weighted by atomic mass is 16.3. The Morgan fingerprint density at radius 2 is 0.796 bits per heavy atom. The number of rotatable bonds is 10. The molecule has 1 aromatic heterocycles. The van der Waals surface area contributed by atoms with Crippen LogP contribution in [0.1, 0.15) is 23.6 Å². The van der Waals surface area contributed by atoms with E-state index in [1.54, 1.807) is 0 Å². The molecular formula is C92H60O. The molecule has 18 rings (SSSR count). The van der Waals surface area contributed by atoms with Gasteiger partial charge in [0, 0.05) is 21.7 Å². The van der Waals surface area contributed by atoms with E-state index in [2.05, 4.69) is 323 Å². The summed E-state index contributed by atoms with van der Waals surface area (Å²) < 4.78 is 7.27. The van der Waals surface area contributed by atoms with E-state index in [9.17, 15) is 0 Å². The lowest BCUT2D eigenvalue weighted by Gasteiger charge is -2.20. The SMILES string of the molecule is C=C/C=C\C=C(/C)c1cccc2ccc3c(c12)Cc1cccc(-c2c4ccccc4c(-c4ccc(-c5ccc(-c6ccc(-c7c8ccccc8c(-c8cccc(-c9ccccc9)c8)c8ccccc78)cc6)c6c5oc5c7ccccc7ccc56)cc4)c4ccccc24)c1-3. The Morgan fingerprint density at radius 1 is 0.312 bits per heavy atom. The third-order valence-corrected chi connectivity index (χ3v) is 19.8. The van der Waals surface area contributed by atoms with E-state index < -0.39 is 0 Å². The zero-order valence-corrected chi connectivity index (χ0v) is 51.4. The van der Waals surface area contributed by atoms with Gasteiger partial charge in [0.1, 0.15) is 11.2 Å². The predicted molar refractivity (Wildman–Crippen MR) is 398 cm³/mol. The standard InChI is InChI=1S/C92H60O/c1-3-4-6-22-57(2)68-39-20-26-62-50-51-80-83(84(62)68)56-67-29-21-40-81(88(67)80)89-78-37-17-15-35-76(78)86(77-36-16-18-38-79(77)89)64-47-43-61(44-48-64)71-54-53-69(90-82-52-49-59-25-9-10-30-70(59)91(82)93-92(71)90)60-41-45-63(46-42-60)85-72-31-11-13-33-74(72)87(75-34-14-12-32-73(75)85)66-28-19-27-65(55-66)58-23-7-5-8-24-58/h3-55H,1,56H2,2H3/b6-4-,57-22+. The fraction of sp³-hybridized carbons (Fsp3) is 0.0217. The van der Waals surface area contributed by atoms with Crippen molar-refractivity contribution < 1.29 is 4.42 Å². The molecule has 0 radical (unpaired) electrons. The minimum absolute atomic E-state index is 0.883. The first kappa shape index (κ1) is 54.1. The monoisotopic (exact) mass is 1180 g/mol. The van der Waals surface area contributed by atoms with Crippen molar-refractivity contribution in [3.63, 3.8) is 0 Å². The lowest BCUT2D eigenvalue weighted by Crippen LogP contribution is -1.93. The van der Waals surface area contributed by atoms with E-state index >= 15 is 0 Å². The summed E-state index contributed by atoms with van der Waals surface area (Å²) in [7, 11) is 0. The summed E-state index contributed by atoms with van der Waals surface area (Å²) in [6.07, 6.45) is 8.99. The van der Waals surface area contributed by atoms with Crippen LogP contribution < -0.4 is 0 Å². The normalized spacial score (nSPS) is 12.4. The summed E-state index contributed by atoms with van der Waals surface area (Å²) in [5.41, 5.74) is 26.4. The van der Waals surface area contributed by atoms with Gasteiger partial charge in [-0.1, -0.05) is 310 Å². The van der Waals surface area contributed by atoms with E-state index in [1.807, 2.05) is 12.2 Å². The molecule has 16 aromatic carbocycles. The Hall–Kier alpha value is -11.9. The van der Waals surface area contributed by atoms with E-state index in [1.165, 1.54) is 143 Å². The fourth-order valence-electron chi connectivity index (χ4n) is 15.7. The van der Waals surface area contributed by atoms with Gasteiger partial charge >= 0.3 is 0 Å². The number of fused-ring (bicyclic) bond motifs is 14. The third-order valence-electron chi connectivity index (χ3n) is 19.8. The van der Waals surface area contributed by atoms with Crippen molar-refractivity contribution in [1.29, 1.82) is 0 Å². The van der Waals surface area contributed by atoms with Crippen LogP contribution in [0.5, 0.6) is 0 Å². The van der Waals surface area contributed by atoms with Gasteiger partial charge in [-0.2, -0.15) is 0 Å². The summed E-state index contributed by atoms with van der Waals surface area (Å²) in [5.74, 6) is 0. The second-order valence-corrected chi connectivity index (χ2v) is 24.9. The quantitative estimate of drug-likeness (QED) is 0.0982. The summed E-state index contributed by atoms with van der Waals surface area (Å²) in [4.78, 5) is 0. The minimum atomic E-state index is 0.883. The highest BCUT2D eigenvalue weighted by Crippen LogP contribution is 2.53. The predicted octanol–water partition coefficient (Wildman–Crippen LogP) is 25.9. The van der Waals surface area contributed by atoms with Crippen LogP contribution in [0.15, 0.2) is 333 Å². The van der Waals surface area contributed by atoms with Crippen molar-refractivity contribution in [3.8, 4) is 89.0 Å². The molecule has 0 aliphatic heterocycles. The molecule has 0 amide bonds. The van der Waals surface area contributed by atoms with Gasteiger partial charge in [-0.3, -0.25) is 0 Å². The minimum Gasteiger partial charge on any atom is -0.455 e. The van der Waals surface area contributed by atoms with Crippen LogP contribution in [-0.4, -0.2) is 0 Å². The molecular weight excluding hydrogens is 1120 g/mol. The third kappa shape index (κ3) is 8.69. The maximum atomic E-state index is 7.27. The van der Waals surface area contributed by atoms with Gasteiger partial charge in [0.15, 0.2) is 0 Å². The van der Waals surface area contributed by atoms with E-state index in [4.69, 9.17) is 4.42 Å². The van der Waals surface area contributed by atoms with Crippen molar-refractivity contribution in [2.75, 3.05) is 0 Å². The smallest absolute Gasteiger partial charge is 0.143 e. The van der Waals surface area contributed by atoms with Crippen LogP contribution in [0.4, 0.5) is 0 Å². The Balaban J connectivity index is 0.749. The lowest BCUT2D eigenvalue weighted by molar-refractivity contribution is 0.674. The molecule has 0 atom stereocenters. The molecule has 0 saturated heterocycles. The number of benzene rings is 16. The maximum absolute atomic E-state index is 7.27. The summed E-state index contributed by atoms with van der Waals surface area (Å²) >= 11 is 0. The molecule has 1 heterocycles. The van der Waals surface area contributed by atoms with Crippen LogP contribution in [-0.2, 0) is 6.42 Å². The van der Waals surface area contributed by atoms with Gasteiger partial charge in [0.05, 0.1) is 0 Å². The average molecular weight is 1180 g/mol. The molecule has 1 aliphatic carbocycles. The van der Waals surface area contributed by atoms with Gasteiger partial charge in [-0.05, 0) is 197 Å². The number of hydrogen-bond donors (Lipinski definition) is 0. The topological polar surface area (TPSA) is 13.1 Å². The van der Waals surface area contributed by atoms with E-state index in [0.29, 0.717) is 0 Å². The molecule has 0 fully saturated rings. The van der Waals surface area contributed by atoms with E-state index in [0.717, 1.165) is 61.4 Å². The lowest BCUT2D eigenvalue weighted by atomic mass is 9.83. The van der Waals surface area contributed by atoms with Crippen LogP contribution >= 0.6 is 0 Å². The number of furan rings is 1. The Bertz CT molecular complexity index is 5900. The molecule has 0 bridgehead atoms. The molecule has 0 spiro atoms. The molecule has 0 saturated carbocycles. The largest absolute Gasteiger partial charge is 0.455 e. The Kier molecular flexibility index (Phi) is 12.8. The first-order valence-electron chi connectivity index (χ1n) is 32.3. The number of hydrogen-bond acceptors (Lipinski definition) is 1. The molecule has 1 aliphatic rings. The molecule has 434 valence electrons. The fourth-order valence-corrected chi connectivity index (χ4v) is 15.7. The molecule has 1 heteroatoms. The van der Waals surface area contributed by atoms with E-state index in [-0.39, 0.29) is 0 Å². The second kappa shape index (κ2) is 22.0. The molecule has 0 N–H and O–H groups in total. The Labute approximate surface area is 540 Å². The Morgan fingerprint density at radius 3 is 1.43 bits per heavy atom. The maximum Gasteiger partial charge on any atom is 0.143 e. The zero-order chi connectivity index (χ0) is 61.7. The van der Waals surface area contributed by atoms with Gasteiger partial charge in [0.25, 0.3) is 0 Å². The summed E-state index contributed by atoms with van der Waals surface area (Å²) in [6, 6.07) is 110. The first-order valence-corrected chi connectivity index (χ1v) is 32.3. The van der Waals surface area contributed by atoms with Crippen molar-refractivity contribution in [2.45, 2.75) is 13.3 Å². The summed E-state index contributed by atoms with van der Waals surface area (Å²) in [5, 5.41) is 17.0. The van der Waals surface area contributed by atoms with Gasteiger partial charge in [-0.25, -0.2) is 0 Å². The van der Waals surface area contributed by atoms with Crippen LogP contribution in [0.2, 0.25) is 0 Å². The van der Waals surface area contributed by atoms with Crippen molar-refractivity contribution in [3.05, 3.63) is 345 Å². The van der Waals surface area contributed by atoms with Crippen molar-refractivity contribution >= 4 is 92.1 Å². The molecule has 93 heavy (non-hydrogen) atoms. The highest BCUT2D eigenvalue weighted by molar-refractivity contribution is 6.25. The second-order valence-electron chi connectivity index (χ2n) is 24.9. The molecule has 1 nitrogen and oxygen atoms in total. The van der Waals surface area contributed by atoms with Crippen LogP contribution in [0.25, 0.3) is 181 Å². The zero-order valence-electron chi connectivity index (χ0n) is 51.4. The molecule has 17 aromatic rings. The van der Waals surface area contributed by atoms with Gasteiger partial charge < -0.3 is 4.42 Å². The summed E-state index contributed by atoms with van der Waals surface area (Å²) in [6.45, 7) is 6.11. The van der Waals surface area contributed by atoms with Gasteiger partial charge in [-0.15, -0.1) is 0 Å². The first-order chi connectivity index (χ1) is 46.0. The van der Waals surface area contributed by atoms with Crippen LogP contribution in [0.3, 0.4) is 0 Å². The average Bonchev–Trinajstić information content (AvgIpc) is 1.73. The molecule has 0 unspecified atom stereocenters. The van der Waals surface area contributed by atoms with Crippen molar-refractivity contribution in [2.24, 2.45) is 0 Å². The van der Waals surface area contributed by atoms with Gasteiger partial charge in [0.2, 0.25) is 0 Å². The van der Waals surface area contributed by atoms with Crippen LogP contribution in [0, 0.1) is 0 Å². The number of allylic oxidation sites excluding steroid dienone is 5. The van der Waals surface area contributed by atoms with Crippen molar-refractivity contribution in [1.82, 2.24) is 0 Å². The highest BCUT2D eigenvalue weighted by Gasteiger charge is 2.28.